The zero-order valence-corrected chi connectivity index (χ0v) is 15.3. The molecule has 134 valence electrons. The molecule has 6 heteroatoms. The van der Waals surface area contributed by atoms with Crippen molar-refractivity contribution >= 4 is 28.8 Å². The Balaban J connectivity index is 1.67. The highest BCUT2D eigenvalue weighted by molar-refractivity contribution is 6.30. The summed E-state index contributed by atoms with van der Waals surface area (Å²) in [6.07, 6.45) is 0. The monoisotopic (exact) mass is 377 g/mol. The number of nitrogens with zero attached hydrogens (tertiary/aromatic N) is 2. The normalized spacial score (nSPS) is 12.5. The lowest BCUT2D eigenvalue weighted by Gasteiger charge is -2.11. The van der Waals surface area contributed by atoms with Crippen molar-refractivity contribution in [2.75, 3.05) is 12.1 Å². The van der Waals surface area contributed by atoms with E-state index in [1.807, 2.05) is 54.6 Å². The Labute approximate surface area is 161 Å². The standard InChI is InChI=1S/C21H16ClN3O2/c1-13-3-2-4-19-24-20(14-5-7-15(22)8-6-14)21(25(13)19)23-16-9-10-17-18(11-16)27-12-26-17/h2-11,23H,12H2,1H3. The van der Waals surface area contributed by atoms with Gasteiger partial charge in [-0.25, -0.2) is 4.98 Å². The first kappa shape index (κ1) is 16.0. The molecule has 0 radical (unpaired) electrons. The largest absolute Gasteiger partial charge is 0.454 e. The van der Waals surface area contributed by atoms with Crippen LogP contribution in [0.15, 0.2) is 60.7 Å². The number of halogens is 1. The molecule has 0 fully saturated rings. The minimum Gasteiger partial charge on any atom is -0.454 e. The van der Waals surface area contributed by atoms with Crippen molar-refractivity contribution in [1.29, 1.82) is 0 Å². The summed E-state index contributed by atoms with van der Waals surface area (Å²) < 4.78 is 13.0. The first-order valence-corrected chi connectivity index (χ1v) is 8.97. The van der Waals surface area contributed by atoms with Crippen LogP contribution in [0.2, 0.25) is 5.02 Å². The van der Waals surface area contributed by atoms with Gasteiger partial charge in [-0.2, -0.15) is 0 Å². The van der Waals surface area contributed by atoms with Gasteiger partial charge in [0.15, 0.2) is 11.5 Å². The maximum atomic E-state index is 6.06. The van der Waals surface area contributed by atoms with E-state index in [4.69, 9.17) is 26.1 Å². The second kappa shape index (κ2) is 6.21. The van der Waals surface area contributed by atoms with Crippen LogP contribution in [-0.4, -0.2) is 16.2 Å². The predicted molar refractivity (Wildman–Crippen MR) is 106 cm³/mol. The zero-order chi connectivity index (χ0) is 18.4. The summed E-state index contributed by atoms with van der Waals surface area (Å²) in [6.45, 7) is 2.31. The molecule has 0 bridgehead atoms. The number of aryl methyl sites for hydroxylation is 1. The Morgan fingerprint density at radius 2 is 1.81 bits per heavy atom. The van der Waals surface area contributed by atoms with Crippen molar-refractivity contribution < 1.29 is 9.47 Å². The molecule has 1 aliphatic heterocycles. The summed E-state index contributed by atoms with van der Waals surface area (Å²) in [6, 6.07) is 19.6. The molecule has 0 atom stereocenters. The van der Waals surface area contributed by atoms with Crippen molar-refractivity contribution in [3.8, 4) is 22.8 Å². The van der Waals surface area contributed by atoms with E-state index in [1.54, 1.807) is 0 Å². The molecule has 1 N–H and O–H groups in total. The molecule has 4 aromatic rings. The molecule has 0 saturated heterocycles. The molecule has 1 aliphatic rings. The number of fused-ring (bicyclic) bond motifs is 2. The van der Waals surface area contributed by atoms with Crippen LogP contribution in [-0.2, 0) is 0 Å². The lowest BCUT2D eigenvalue weighted by molar-refractivity contribution is 0.174. The number of ether oxygens (including phenoxy) is 2. The molecule has 0 unspecified atom stereocenters. The highest BCUT2D eigenvalue weighted by Crippen LogP contribution is 2.37. The molecular weight excluding hydrogens is 362 g/mol. The number of pyridine rings is 1. The summed E-state index contributed by atoms with van der Waals surface area (Å²) in [5.74, 6) is 2.38. The number of rotatable bonds is 3. The maximum Gasteiger partial charge on any atom is 0.231 e. The highest BCUT2D eigenvalue weighted by atomic mass is 35.5. The summed E-state index contributed by atoms with van der Waals surface area (Å²) >= 11 is 6.06. The van der Waals surface area contributed by atoms with Crippen molar-refractivity contribution in [3.63, 3.8) is 0 Å². The molecule has 5 nitrogen and oxygen atoms in total. The van der Waals surface area contributed by atoms with Crippen LogP contribution < -0.4 is 14.8 Å². The quantitative estimate of drug-likeness (QED) is 0.516. The Morgan fingerprint density at radius 1 is 1.00 bits per heavy atom. The summed E-state index contributed by atoms with van der Waals surface area (Å²) in [5.41, 5.74) is 4.72. The van der Waals surface area contributed by atoms with Gasteiger partial charge in [-0.3, -0.25) is 4.40 Å². The second-order valence-electron chi connectivity index (χ2n) is 6.37. The number of imidazole rings is 1. The van der Waals surface area contributed by atoms with Crippen LogP contribution in [0.25, 0.3) is 16.9 Å². The first-order valence-electron chi connectivity index (χ1n) is 8.60. The molecular formula is C21H16ClN3O2. The number of nitrogens with one attached hydrogen (secondary N) is 1. The number of aromatic nitrogens is 2. The van der Waals surface area contributed by atoms with Gasteiger partial charge in [0, 0.05) is 28.0 Å². The van der Waals surface area contributed by atoms with Gasteiger partial charge >= 0.3 is 0 Å². The van der Waals surface area contributed by atoms with Crippen LogP contribution in [0.5, 0.6) is 11.5 Å². The molecule has 0 amide bonds. The third-order valence-corrected chi connectivity index (χ3v) is 4.84. The summed E-state index contributed by atoms with van der Waals surface area (Å²) in [4.78, 5) is 4.84. The molecule has 0 spiro atoms. The number of hydrogen-bond acceptors (Lipinski definition) is 4. The van der Waals surface area contributed by atoms with Crippen LogP contribution in [0, 0.1) is 6.92 Å². The average molecular weight is 378 g/mol. The van der Waals surface area contributed by atoms with Crippen molar-refractivity contribution in [2.45, 2.75) is 6.92 Å². The van der Waals surface area contributed by atoms with Crippen molar-refractivity contribution in [1.82, 2.24) is 9.38 Å². The van der Waals surface area contributed by atoms with Gasteiger partial charge in [-0.05, 0) is 43.3 Å². The first-order chi connectivity index (χ1) is 13.2. The molecule has 0 aliphatic carbocycles. The fourth-order valence-corrected chi connectivity index (χ4v) is 3.42. The third-order valence-electron chi connectivity index (χ3n) is 4.59. The lowest BCUT2D eigenvalue weighted by atomic mass is 10.1. The average Bonchev–Trinajstić information content (AvgIpc) is 3.28. The Morgan fingerprint density at radius 3 is 2.67 bits per heavy atom. The molecule has 5 rings (SSSR count). The van der Waals surface area contributed by atoms with Crippen LogP contribution in [0.3, 0.4) is 0 Å². The lowest BCUT2D eigenvalue weighted by Crippen LogP contribution is -1.99. The minimum atomic E-state index is 0.254. The van der Waals surface area contributed by atoms with Crippen LogP contribution >= 0.6 is 11.6 Å². The van der Waals surface area contributed by atoms with Gasteiger partial charge < -0.3 is 14.8 Å². The molecule has 0 saturated carbocycles. The second-order valence-corrected chi connectivity index (χ2v) is 6.81. The van der Waals surface area contributed by atoms with Gasteiger partial charge in [0.1, 0.15) is 17.2 Å². The van der Waals surface area contributed by atoms with Crippen molar-refractivity contribution in [2.24, 2.45) is 0 Å². The van der Waals surface area contributed by atoms with Gasteiger partial charge in [0.05, 0.1) is 0 Å². The number of hydrogen-bond donors (Lipinski definition) is 1. The van der Waals surface area contributed by atoms with Gasteiger partial charge in [-0.1, -0.05) is 29.8 Å². The molecule has 2 aromatic heterocycles. The summed E-state index contributed by atoms with van der Waals surface area (Å²) in [5, 5.41) is 4.21. The number of anilines is 2. The Kier molecular flexibility index (Phi) is 3.69. The van der Waals surface area contributed by atoms with Gasteiger partial charge in [0.25, 0.3) is 0 Å². The molecule has 2 aromatic carbocycles. The van der Waals surface area contributed by atoms with E-state index in [0.717, 1.165) is 45.6 Å². The molecule has 3 heterocycles. The van der Waals surface area contributed by atoms with Crippen molar-refractivity contribution in [3.05, 3.63) is 71.4 Å². The third kappa shape index (κ3) is 2.76. The maximum absolute atomic E-state index is 6.06. The van der Waals surface area contributed by atoms with E-state index in [2.05, 4.69) is 22.7 Å². The summed E-state index contributed by atoms with van der Waals surface area (Å²) in [7, 11) is 0. The zero-order valence-electron chi connectivity index (χ0n) is 14.6. The van der Waals surface area contributed by atoms with E-state index in [9.17, 15) is 0 Å². The fraction of sp³-hybridized carbons (Fsp3) is 0.0952. The molecule has 27 heavy (non-hydrogen) atoms. The van der Waals surface area contributed by atoms with E-state index < -0.39 is 0 Å². The van der Waals surface area contributed by atoms with E-state index in [-0.39, 0.29) is 6.79 Å². The minimum absolute atomic E-state index is 0.254. The van der Waals surface area contributed by atoms with E-state index >= 15 is 0 Å². The highest BCUT2D eigenvalue weighted by Gasteiger charge is 2.18. The fourth-order valence-electron chi connectivity index (χ4n) is 3.29. The van der Waals surface area contributed by atoms with Gasteiger partial charge in [0.2, 0.25) is 6.79 Å². The van der Waals surface area contributed by atoms with E-state index in [0.29, 0.717) is 5.02 Å². The smallest absolute Gasteiger partial charge is 0.231 e. The predicted octanol–water partition coefficient (Wildman–Crippen LogP) is 5.44. The van der Waals surface area contributed by atoms with Crippen LogP contribution in [0.1, 0.15) is 5.69 Å². The van der Waals surface area contributed by atoms with E-state index in [1.165, 1.54) is 0 Å². The Bertz CT molecular complexity index is 1150. The SMILES string of the molecule is Cc1cccc2nc(-c3ccc(Cl)cc3)c(Nc3ccc4c(c3)OCO4)n12. The van der Waals surface area contributed by atoms with Crippen LogP contribution in [0.4, 0.5) is 11.5 Å². The number of benzene rings is 2. The topological polar surface area (TPSA) is 47.8 Å². The Hall–Kier alpha value is -3.18. The van der Waals surface area contributed by atoms with Gasteiger partial charge in [-0.15, -0.1) is 0 Å².